The second kappa shape index (κ2) is 41.8. The van der Waals surface area contributed by atoms with Crippen molar-refractivity contribution in [1.29, 1.82) is 0 Å². The second-order valence-electron chi connectivity index (χ2n) is 17.0. The van der Waals surface area contributed by atoms with E-state index in [4.69, 9.17) is 14.2 Å². The maximum absolute atomic E-state index is 12.8. The Balaban J connectivity index is 4.36. The number of hydrogen-bond acceptors (Lipinski definition) is 6. The molecule has 59 heavy (non-hydrogen) atoms. The van der Waals surface area contributed by atoms with Crippen LogP contribution in [0.5, 0.6) is 0 Å². The fourth-order valence-electron chi connectivity index (χ4n) is 6.66. The summed E-state index contributed by atoms with van der Waals surface area (Å²) < 4.78 is 17.3. The molecule has 2 atom stereocenters. The van der Waals surface area contributed by atoms with Gasteiger partial charge in [-0.3, -0.25) is 9.59 Å². The average Bonchev–Trinajstić information content (AvgIpc) is 3.19. The van der Waals surface area contributed by atoms with Gasteiger partial charge in [0.1, 0.15) is 6.61 Å². The third kappa shape index (κ3) is 40.2. The van der Waals surface area contributed by atoms with Crippen LogP contribution in [0.2, 0.25) is 0 Å². The van der Waals surface area contributed by atoms with Crippen molar-refractivity contribution in [3.05, 3.63) is 60.8 Å². The molecule has 0 amide bonds. The van der Waals surface area contributed by atoms with E-state index in [1.165, 1.54) is 70.6 Å². The summed E-state index contributed by atoms with van der Waals surface area (Å²) in [5.41, 5.74) is 0. The molecule has 0 bridgehead atoms. The molecule has 1 N–H and O–H groups in total. The fraction of sp³-hybridized carbons (Fsp3) is 0.745. The van der Waals surface area contributed by atoms with Crippen molar-refractivity contribution < 1.29 is 38.2 Å². The minimum atomic E-state index is -0.881. The zero-order valence-corrected chi connectivity index (χ0v) is 38.7. The molecule has 0 spiro atoms. The summed E-state index contributed by atoms with van der Waals surface area (Å²) in [5.74, 6) is -1.50. The van der Waals surface area contributed by atoms with Gasteiger partial charge in [0.2, 0.25) is 0 Å². The van der Waals surface area contributed by atoms with Crippen LogP contribution < -0.4 is 0 Å². The molecular formula is C51H90NO7+. The summed E-state index contributed by atoms with van der Waals surface area (Å²) in [5, 5.41) is 9.63. The first kappa shape index (κ1) is 56.0. The first-order chi connectivity index (χ1) is 28.6. The predicted molar refractivity (Wildman–Crippen MR) is 247 cm³/mol. The molecule has 0 aliphatic carbocycles. The Hall–Kier alpha value is -2.97. The number of esters is 2. The standard InChI is InChI=1S/C51H89NO7/c1-6-8-10-12-14-16-18-20-22-24-25-26-28-30-32-34-36-38-40-42-50(54)59-47(45-57-44-43-48(51(55)56)52(3,4)5)46-58-49(53)41-39-37-35-33-31-29-27-23-21-19-17-15-13-11-9-7-2/h14,16-17,19-20,22-23,25-27,47-48H,6-13,15,18,21,24,28-46H2,1-5H3/p+1/b16-14-,19-17-,22-20-,26-25-,27-23-. The van der Waals surface area contributed by atoms with Gasteiger partial charge in [0, 0.05) is 19.3 Å². The molecule has 0 fully saturated rings. The number of hydrogen-bond donors (Lipinski definition) is 1. The summed E-state index contributed by atoms with van der Waals surface area (Å²) in [6.07, 6.45) is 51.1. The van der Waals surface area contributed by atoms with Crippen molar-refractivity contribution >= 4 is 17.9 Å². The van der Waals surface area contributed by atoms with Crippen LogP contribution in [-0.2, 0) is 28.6 Å². The van der Waals surface area contributed by atoms with Crippen molar-refractivity contribution in [2.75, 3.05) is 41.0 Å². The molecule has 0 aliphatic rings. The predicted octanol–water partition coefficient (Wildman–Crippen LogP) is 13.4. The number of unbranched alkanes of at least 4 members (excludes halogenated alkanes) is 18. The van der Waals surface area contributed by atoms with Gasteiger partial charge in [0.25, 0.3) is 0 Å². The van der Waals surface area contributed by atoms with E-state index in [0.29, 0.717) is 19.3 Å². The molecular weight excluding hydrogens is 739 g/mol. The highest BCUT2D eigenvalue weighted by Gasteiger charge is 2.31. The van der Waals surface area contributed by atoms with Crippen molar-refractivity contribution in [3.63, 3.8) is 0 Å². The van der Waals surface area contributed by atoms with Crippen LogP contribution in [0.15, 0.2) is 60.8 Å². The Morgan fingerprint density at radius 2 is 0.898 bits per heavy atom. The molecule has 0 aromatic rings. The lowest BCUT2D eigenvalue weighted by molar-refractivity contribution is -0.887. The summed E-state index contributed by atoms with van der Waals surface area (Å²) in [4.78, 5) is 37.1. The fourth-order valence-corrected chi connectivity index (χ4v) is 6.66. The molecule has 0 rings (SSSR count). The lowest BCUT2D eigenvalue weighted by Gasteiger charge is -2.31. The minimum Gasteiger partial charge on any atom is -0.477 e. The van der Waals surface area contributed by atoms with Crippen molar-refractivity contribution in [3.8, 4) is 0 Å². The third-order valence-corrected chi connectivity index (χ3v) is 10.4. The van der Waals surface area contributed by atoms with Crippen LogP contribution in [0, 0.1) is 0 Å². The first-order valence-corrected chi connectivity index (χ1v) is 23.8. The lowest BCUT2D eigenvalue weighted by Crippen LogP contribution is -2.50. The summed E-state index contributed by atoms with van der Waals surface area (Å²) in [7, 11) is 5.52. The number of carboxylic acids is 1. The van der Waals surface area contributed by atoms with Crippen LogP contribution in [0.4, 0.5) is 0 Å². The number of allylic oxidation sites excluding steroid dienone is 10. The van der Waals surface area contributed by atoms with Crippen LogP contribution in [-0.4, -0.2) is 80.6 Å². The highest BCUT2D eigenvalue weighted by Crippen LogP contribution is 2.13. The Bertz CT molecular complexity index is 1150. The number of quaternary nitrogens is 1. The lowest BCUT2D eigenvalue weighted by atomic mass is 10.1. The number of likely N-dealkylation sites (N-methyl/N-ethyl adjacent to an activating group) is 1. The van der Waals surface area contributed by atoms with E-state index in [0.717, 1.165) is 89.9 Å². The molecule has 0 saturated carbocycles. The van der Waals surface area contributed by atoms with Gasteiger partial charge in [0.05, 0.1) is 34.4 Å². The number of aliphatic carboxylic acids is 1. The van der Waals surface area contributed by atoms with Gasteiger partial charge in [-0.25, -0.2) is 4.79 Å². The van der Waals surface area contributed by atoms with E-state index < -0.39 is 18.1 Å². The molecule has 2 unspecified atom stereocenters. The molecule has 0 saturated heterocycles. The topological polar surface area (TPSA) is 99.1 Å². The Kier molecular flexibility index (Phi) is 39.6. The van der Waals surface area contributed by atoms with Crippen LogP contribution >= 0.6 is 0 Å². The molecule has 0 radical (unpaired) electrons. The largest absolute Gasteiger partial charge is 0.477 e. The molecule has 340 valence electrons. The van der Waals surface area contributed by atoms with Gasteiger partial charge >= 0.3 is 17.9 Å². The first-order valence-electron chi connectivity index (χ1n) is 23.8. The highest BCUT2D eigenvalue weighted by molar-refractivity contribution is 5.72. The van der Waals surface area contributed by atoms with Crippen molar-refractivity contribution in [2.45, 2.75) is 206 Å². The van der Waals surface area contributed by atoms with Gasteiger partial charge in [-0.2, -0.15) is 0 Å². The number of rotatable bonds is 42. The van der Waals surface area contributed by atoms with E-state index in [1.54, 1.807) is 0 Å². The zero-order valence-electron chi connectivity index (χ0n) is 38.7. The third-order valence-electron chi connectivity index (χ3n) is 10.4. The molecule has 0 aliphatic heterocycles. The van der Waals surface area contributed by atoms with E-state index in [9.17, 15) is 19.5 Å². The minimum absolute atomic E-state index is 0.0492. The van der Waals surface area contributed by atoms with E-state index in [2.05, 4.69) is 74.6 Å². The van der Waals surface area contributed by atoms with Crippen LogP contribution in [0.3, 0.4) is 0 Å². The van der Waals surface area contributed by atoms with Crippen LogP contribution in [0.25, 0.3) is 0 Å². The number of nitrogens with zero attached hydrogens (tertiary/aromatic N) is 1. The monoisotopic (exact) mass is 829 g/mol. The Morgan fingerprint density at radius 3 is 1.36 bits per heavy atom. The molecule has 0 heterocycles. The smallest absolute Gasteiger partial charge is 0.362 e. The Morgan fingerprint density at radius 1 is 0.508 bits per heavy atom. The average molecular weight is 829 g/mol. The molecule has 0 aromatic carbocycles. The van der Waals surface area contributed by atoms with Gasteiger partial charge in [-0.15, -0.1) is 0 Å². The SMILES string of the molecule is CCCCC/C=C\C/C=C\C/C=C\CCCCCCCCC(=O)OC(COCCC(C(=O)O)[N+](C)(C)C)COC(=O)CCCCCCC/C=C\C/C=C\CCCCCC. The van der Waals surface area contributed by atoms with Gasteiger partial charge < -0.3 is 23.8 Å². The summed E-state index contributed by atoms with van der Waals surface area (Å²) in [6, 6.07) is -0.622. The van der Waals surface area contributed by atoms with E-state index in [-0.39, 0.29) is 36.2 Å². The quantitative estimate of drug-likeness (QED) is 0.0283. The normalized spacial score (nSPS) is 13.4. The summed E-state index contributed by atoms with van der Waals surface area (Å²) >= 11 is 0. The van der Waals surface area contributed by atoms with Crippen molar-refractivity contribution in [1.82, 2.24) is 0 Å². The highest BCUT2D eigenvalue weighted by atomic mass is 16.6. The van der Waals surface area contributed by atoms with E-state index >= 15 is 0 Å². The zero-order chi connectivity index (χ0) is 43.5. The van der Waals surface area contributed by atoms with Gasteiger partial charge in [0.15, 0.2) is 12.1 Å². The summed E-state index contributed by atoms with van der Waals surface area (Å²) in [6.45, 7) is 4.66. The molecule has 8 nitrogen and oxygen atoms in total. The van der Waals surface area contributed by atoms with Crippen LogP contribution in [0.1, 0.15) is 194 Å². The number of carbonyl (C=O) groups excluding carboxylic acids is 2. The van der Waals surface area contributed by atoms with Crippen molar-refractivity contribution in [2.24, 2.45) is 0 Å². The second-order valence-corrected chi connectivity index (χ2v) is 17.0. The van der Waals surface area contributed by atoms with Gasteiger partial charge in [-0.05, 0) is 83.5 Å². The van der Waals surface area contributed by atoms with E-state index in [1.807, 2.05) is 21.1 Å². The number of carboxylic acid groups (broad SMARTS) is 1. The number of carbonyl (C=O) groups is 3. The van der Waals surface area contributed by atoms with Gasteiger partial charge in [-0.1, -0.05) is 152 Å². The number of ether oxygens (including phenoxy) is 3. The Labute approximate surface area is 362 Å². The maximum Gasteiger partial charge on any atom is 0.362 e. The molecule has 0 aromatic heterocycles. The maximum atomic E-state index is 12.8. The molecule has 8 heteroatoms.